The van der Waals surface area contributed by atoms with Crippen LogP contribution in [0.4, 0.5) is 23.2 Å². The Kier molecular flexibility index (Phi) is 4.93. The van der Waals surface area contributed by atoms with Crippen molar-refractivity contribution in [1.82, 2.24) is 0 Å². The van der Waals surface area contributed by atoms with Crippen LogP contribution in [0.2, 0.25) is 0 Å². The van der Waals surface area contributed by atoms with Gasteiger partial charge in [-0.2, -0.15) is 13.2 Å². The van der Waals surface area contributed by atoms with Crippen molar-refractivity contribution in [2.24, 2.45) is 0 Å². The van der Waals surface area contributed by atoms with Crippen molar-refractivity contribution in [3.8, 4) is 5.75 Å². The number of ether oxygens (including phenoxy) is 1. The number of nitrogens with zero attached hydrogens (tertiary/aromatic N) is 1. The zero-order valence-corrected chi connectivity index (χ0v) is 17.5. The average molecular weight is 469 g/mol. The molecule has 3 aromatic carbocycles. The minimum absolute atomic E-state index is 0.00197. The van der Waals surface area contributed by atoms with Gasteiger partial charge in [0.25, 0.3) is 5.91 Å². The summed E-state index contributed by atoms with van der Waals surface area (Å²) in [7, 11) is 1.47. The molecule has 5 rings (SSSR count). The monoisotopic (exact) mass is 469 g/mol. The van der Waals surface area contributed by atoms with Crippen molar-refractivity contribution >= 4 is 22.6 Å². The lowest BCUT2D eigenvalue weighted by Gasteiger charge is -2.26. The molecule has 1 unspecified atom stereocenters. The van der Waals surface area contributed by atoms with Gasteiger partial charge in [0.1, 0.15) is 17.1 Å². The average Bonchev–Trinajstić information content (AvgIpc) is 3.11. The van der Waals surface area contributed by atoms with Crippen LogP contribution in [0, 0.1) is 5.82 Å². The molecule has 34 heavy (non-hydrogen) atoms. The fourth-order valence-electron chi connectivity index (χ4n) is 4.15. The minimum Gasteiger partial charge on any atom is -0.497 e. The first kappa shape index (κ1) is 21.7. The smallest absolute Gasteiger partial charge is 0.416 e. The van der Waals surface area contributed by atoms with E-state index in [1.807, 2.05) is 0 Å². The van der Waals surface area contributed by atoms with Gasteiger partial charge >= 0.3 is 6.18 Å². The lowest BCUT2D eigenvalue weighted by Crippen LogP contribution is -2.29. The molecule has 2 heterocycles. The Hall–Kier alpha value is -4.14. The summed E-state index contributed by atoms with van der Waals surface area (Å²) in [6, 6.07) is 12.9. The Morgan fingerprint density at radius 2 is 1.71 bits per heavy atom. The zero-order chi connectivity index (χ0) is 24.2. The van der Waals surface area contributed by atoms with E-state index in [1.54, 1.807) is 24.3 Å². The number of methoxy groups -OCH3 is 1. The Labute approximate surface area is 189 Å². The molecule has 5 nitrogen and oxygen atoms in total. The van der Waals surface area contributed by atoms with Crippen LogP contribution in [0.5, 0.6) is 5.75 Å². The van der Waals surface area contributed by atoms with Gasteiger partial charge in [-0.25, -0.2) is 4.39 Å². The summed E-state index contributed by atoms with van der Waals surface area (Å²) in [5, 5.41) is -0.0732. The van der Waals surface area contributed by atoms with E-state index in [9.17, 15) is 27.2 Å². The molecule has 0 saturated carbocycles. The number of anilines is 1. The molecule has 0 fully saturated rings. The van der Waals surface area contributed by atoms with Crippen LogP contribution in [-0.4, -0.2) is 13.0 Å². The van der Waals surface area contributed by atoms with Gasteiger partial charge in [-0.3, -0.25) is 14.5 Å². The second-order valence-electron chi connectivity index (χ2n) is 7.71. The lowest BCUT2D eigenvalue weighted by atomic mass is 9.98. The van der Waals surface area contributed by atoms with Gasteiger partial charge in [0.15, 0.2) is 5.43 Å². The van der Waals surface area contributed by atoms with Gasteiger partial charge in [0.2, 0.25) is 5.76 Å². The quantitative estimate of drug-likeness (QED) is 0.361. The van der Waals surface area contributed by atoms with Crippen LogP contribution < -0.4 is 15.1 Å². The number of rotatable bonds is 3. The van der Waals surface area contributed by atoms with Crippen LogP contribution in [0.1, 0.15) is 33.3 Å². The first-order chi connectivity index (χ1) is 16.2. The third kappa shape index (κ3) is 3.40. The summed E-state index contributed by atoms with van der Waals surface area (Å²) < 4.78 is 64.9. The highest BCUT2D eigenvalue weighted by atomic mass is 19.4. The van der Waals surface area contributed by atoms with Crippen LogP contribution in [0.3, 0.4) is 0 Å². The highest BCUT2D eigenvalue weighted by Crippen LogP contribution is 2.43. The molecule has 0 bridgehead atoms. The number of fused-ring (bicyclic) bond motifs is 2. The molecule has 9 heteroatoms. The Morgan fingerprint density at radius 1 is 0.971 bits per heavy atom. The highest BCUT2D eigenvalue weighted by Gasteiger charge is 2.44. The number of halogens is 4. The van der Waals surface area contributed by atoms with Crippen molar-refractivity contribution in [2.75, 3.05) is 12.0 Å². The summed E-state index contributed by atoms with van der Waals surface area (Å²) in [5.41, 5.74) is -1.30. The Balaban J connectivity index is 1.78. The Morgan fingerprint density at radius 3 is 2.38 bits per heavy atom. The molecule has 172 valence electrons. The predicted molar refractivity (Wildman–Crippen MR) is 116 cm³/mol. The molecule has 0 radical (unpaired) electrons. The van der Waals surface area contributed by atoms with Gasteiger partial charge < -0.3 is 9.15 Å². The maximum Gasteiger partial charge on any atom is 0.416 e. The van der Waals surface area contributed by atoms with Crippen LogP contribution in [-0.2, 0) is 6.18 Å². The molecular formula is C25H15F4NO4. The van der Waals surface area contributed by atoms with Gasteiger partial charge in [0, 0.05) is 5.69 Å². The number of benzene rings is 3. The standard InChI is InChI=1S/C25H15F4NO4/c1-33-17-8-5-13(6-9-17)21-20-22(31)18-12-15(26)7-10-19(18)34-23(20)24(32)30(21)16-4-2-3-14(11-16)25(27,28)29/h2-12,21H,1H3. The van der Waals surface area contributed by atoms with Crippen molar-refractivity contribution < 1.29 is 31.5 Å². The molecule has 0 N–H and O–H groups in total. The van der Waals surface area contributed by atoms with E-state index in [0.717, 1.165) is 29.2 Å². The third-order valence-corrected chi connectivity index (χ3v) is 5.72. The van der Waals surface area contributed by atoms with Crippen LogP contribution >= 0.6 is 0 Å². The van der Waals surface area contributed by atoms with E-state index in [-0.39, 0.29) is 28.0 Å². The first-order valence-electron chi connectivity index (χ1n) is 10.1. The number of amides is 1. The van der Waals surface area contributed by atoms with Gasteiger partial charge in [-0.05, 0) is 54.1 Å². The number of carbonyl (C=O) groups is 1. The fourth-order valence-corrected chi connectivity index (χ4v) is 4.15. The van der Waals surface area contributed by atoms with Crippen molar-refractivity contribution in [3.63, 3.8) is 0 Å². The molecule has 1 aliphatic heterocycles. The van der Waals surface area contributed by atoms with Gasteiger partial charge in [0.05, 0.1) is 29.7 Å². The summed E-state index contributed by atoms with van der Waals surface area (Å²) >= 11 is 0. The van der Waals surface area contributed by atoms with Crippen LogP contribution in [0.15, 0.2) is 75.9 Å². The second kappa shape index (κ2) is 7.72. The molecule has 1 aromatic heterocycles. The topological polar surface area (TPSA) is 59.8 Å². The van der Waals surface area contributed by atoms with E-state index in [0.29, 0.717) is 11.3 Å². The molecule has 0 aliphatic carbocycles. The molecule has 1 atom stereocenters. The lowest BCUT2D eigenvalue weighted by molar-refractivity contribution is -0.137. The number of alkyl halides is 3. The van der Waals surface area contributed by atoms with E-state index in [1.165, 1.54) is 25.3 Å². The Bertz CT molecular complexity index is 1490. The summed E-state index contributed by atoms with van der Waals surface area (Å²) in [6.07, 6.45) is -4.64. The molecule has 4 aromatic rings. The van der Waals surface area contributed by atoms with Gasteiger partial charge in [-0.15, -0.1) is 0 Å². The first-order valence-corrected chi connectivity index (χ1v) is 10.1. The molecule has 1 amide bonds. The second-order valence-corrected chi connectivity index (χ2v) is 7.71. The molecule has 0 spiro atoms. The number of carbonyl (C=O) groups excluding carboxylic acids is 1. The summed E-state index contributed by atoms with van der Waals surface area (Å²) in [5.74, 6) is -1.24. The molecular weight excluding hydrogens is 454 g/mol. The maximum atomic E-state index is 13.9. The minimum atomic E-state index is -4.64. The van der Waals surface area contributed by atoms with E-state index >= 15 is 0 Å². The van der Waals surface area contributed by atoms with Crippen molar-refractivity contribution in [2.45, 2.75) is 12.2 Å². The normalized spacial score (nSPS) is 15.6. The van der Waals surface area contributed by atoms with Gasteiger partial charge in [-0.1, -0.05) is 18.2 Å². The predicted octanol–water partition coefficient (Wildman–Crippen LogP) is 5.71. The van der Waals surface area contributed by atoms with Crippen LogP contribution in [0.25, 0.3) is 11.0 Å². The van der Waals surface area contributed by atoms with Crippen molar-refractivity contribution in [1.29, 1.82) is 0 Å². The summed E-state index contributed by atoms with van der Waals surface area (Å²) in [4.78, 5) is 27.9. The number of hydrogen-bond donors (Lipinski definition) is 0. The SMILES string of the molecule is COc1ccc(C2c3c(oc4ccc(F)cc4c3=O)C(=O)N2c2cccc(C(F)(F)F)c2)cc1. The summed E-state index contributed by atoms with van der Waals surface area (Å²) in [6.45, 7) is 0. The molecule has 1 aliphatic rings. The molecule has 0 saturated heterocycles. The fraction of sp³-hybridized carbons (Fsp3) is 0.120. The van der Waals surface area contributed by atoms with E-state index in [2.05, 4.69) is 0 Å². The van der Waals surface area contributed by atoms with E-state index in [4.69, 9.17) is 9.15 Å². The number of hydrogen-bond acceptors (Lipinski definition) is 4. The maximum absolute atomic E-state index is 13.9. The largest absolute Gasteiger partial charge is 0.497 e. The van der Waals surface area contributed by atoms with E-state index < -0.39 is 34.9 Å². The highest BCUT2D eigenvalue weighted by molar-refractivity contribution is 6.10. The third-order valence-electron chi connectivity index (χ3n) is 5.72. The zero-order valence-electron chi connectivity index (χ0n) is 17.5. The van der Waals surface area contributed by atoms with Crippen molar-refractivity contribution in [3.05, 3.63) is 105 Å².